The third-order valence-electron chi connectivity index (χ3n) is 0.456. The van der Waals surface area contributed by atoms with Gasteiger partial charge in [0.2, 0.25) is 0 Å². The van der Waals surface area contributed by atoms with E-state index in [2.05, 4.69) is 22.6 Å². The van der Waals surface area contributed by atoms with E-state index in [-0.39, 0.29) is 4.05 Å². The topological polar surface area (TPSA) is 52.0 Å². The highest BCUT2D eigenvalue weighted by Gasteiger charge is 1.80. The van der Waals surface area contributed by atoms with Crippen molar-refractivity contribution in [2.75, 3.05) is 6.54 Å². The lowest BCUT2D eigenvalue weighted by atomic mass is 10.5. The molecule has 0 aromatic rings. The maximum absolute atomic E-state index is 5.32. The summed E-state index contributed by atoms with van der Waals surface area (Å²) in [4.78, 5) is 0. The first kappa shape index (κ1) is 7.39. The number of alkyl halides is 1. The van der Waals surface area contributed by atoms with E-state index in [0.29, 0.717) is 6.54 Å². The van der Waals surface area contributed by atoms with Gasteiger partial charge in [0.25, 0.3) is 0 Å². The molecule has 0 rings (SSSR count). The highest BCUT2D eigenvalue weighted by Crippen LogP contribution is 1.90. The molecule has 0 aliphatic rings. The van der Waals surface area contributed by atoms with Gasteiger partial charge >= 0.3 is 0 Å². The van der Waals surface area contributed by atoms with Crippen molar-refractivity contribution in [1.29, 1.82) is 0 Å². The molecule has 0 aliphatic carbocycles. The second-order valence-electron chi connectivity index (χ2n) is 1.11. The summed E-state index contributed by atoms with van der Waals surface area (Å²) >= 11 is 2.10. The van der Waals surface area contributed by atoms with Crippen molar-refractivity contribution in [3.05, 3.63) is 12.2 Å². The first-order valence-electron chi connectivity index (χ1n) is 2.03. The van der Waals surface area contributed by atoms with Crippen molar-refractivity contribution in [2.45, 2.75) is 4.05 Å². The van der Waals surface area contributed by atoms with E-state index in [1.165, 1.54) is 0 Å². The Bertz CT molecular complexity index is 60.7. The Hall–Kier alpha value is 0.390. The summed E-state index contributed by atoms with van der Waals surface area (Å²) < 4.78 is 0.112. The van der Waals surface area contributed by atoms with Gasteiger partial charge in [0.05, 0.1) is 4.05 Å². The van der Waals surface area contributed by atoms with E-state index >= 15 is 0 Å². The fraction of sp³-hybridized carbons (Fsp3) is 0.500. The SMILES string of the molecule is NC/C=C\C(N)I. The zero-order chi connectivity index (χ0) is 5.70. The Morgan fingerprint density at radius 2 is 2.29 bits per heavy atom. The van der Waals surface area contributed by atoms with Crippen LogP contribution in [0.1, 0.15) is 0 Å². The molecule has 1 unspecified atom stereocenters. The van der Waals surface area contributed by atoms with Crippen LogP contribution < -0.4 is 11.5 Å². The Kier molecular flexibility index (Phi) is 4.80. The Morgan fingerprint density at radius 3 is 2.43 bits per heavy atom. The van der Waals surface area contributed by atoms with Crippen LogP contribution in [0.3, 0.4) is 0 Å². The van der Waals surface area contributed by atoms with E-state index in [1.54, 1.807) is 0 Å². The minimum Gasteiger partial charge on any atom is -0.327 e. The number of rotatable bonds is 2. The smallest absolute Gasteiger partial charge is 0.0754 e. The fourth-order valence-electron chi connectivity index (χ4n) is 0.209. The highest BCUT2D eigenvalue weighted by atomic mass is 127. The molecule has 0 fully saturated rings. The third-order valence-corrected chi connectivity index (χ3v) is 0.871. The molecule has 2 nitrogen and oxygen atoms in total. The van der Waals surface area contributed by atoms with Gasteiger partial charge in [-0.2, -0.15) is 0 Å². The molecular weight excluding hydrogens is 203 g/mol. The molecule has 0 heterocycles. The summed E-state index contributed by atoms with van der Waals surface area (Å²) in [6.45, 7) is 0.580. The molecule has 0 radical (unpaired) electrons. The van der Waals surface area contributed by atoms with Gasteiger partial charge < -0.3 is 11.5 Å². The quantitative estimate of drug-likeness (QED) is 0.298. The molecule has 0 saturated heterocycles. The average Bonchev–Trinajstić information content (AvgIpc) is 1.61. The van der Waals surface area contributed by atoms with Gasteiger partial charge in [0.15, 0.2) is 0 Å². The van der Waals surface area contributed by atoms with Crippen LogP contribution in [0.25, 0.3) is 0 Å². The molecule has 0 amide bonds. The van der Waals surface area contributed by atoms with E-state index in [1.807, 2.05) is 12.2 Å². The zero-order valence-corrected chi connectivity index (χ0v) is 6.13. The van der Waals surface area contributed by atoms with E-state index < -0.39 is 0 Å². The predicted molar refractivity (Wildman–Crippen MR) is 40.2 cm³/mol. The maximum atomic E-state index is 5.32. The largest absolute Gasteiger partial charge is 0.327 e. The summed E-state index contributed by atoms with van der Waals surface area (Å²) in [6, 6.07) is 0. The fourth-order valence-corrected chi connectivity index (χ4v) is 0.502. The van der Waals surface area contributed by atoms with Crippen LogP contribution >= 0.6 is 22.6 Å². The van der Waals surface area contributed by atoms with Crippen LogP contribution in [0.15, 0.2) is 12.2 Å². The molecule has 0 aromatic heterocycles. The van der Waals surface area contributed by atoms with Gasteiger partial charge in [-0.05, 0) is 0 Å². The first-order valence-corrected chi connectivity index (χ1v) is 3.28. The molecule has 42 valence electrons. The predicted octanol–water partition coefficient (Wildman–Crippen LogP) is 0.221. The van der Waals surface area contributed by atoms with Crippen molar-refractivity contribution < 1.29 is 0 Å². The van der Waals surface area contributed by atoms with Gasteiger partial charge in [-0.3, -0.25) is 0 Å². The lowest BCUT2D eigenvalue weighted by Crippen LogP contribution is -2.06. The summed E-state index contributed by atoms with van der Waals surface area (Å²) in [5.41, 5.74) is 10.5. The lowest BCUT2D eigenvalue weighted by molar-refractivity contribution is 1.17. The van der Waals surface area contributed by atoms with Crippen LogP contribution in [-0.2, 0) is 0 Å². The van der Waals surface area contributed by atoms with Crippen LogP contribution in [0.4, 0.5) is 0 Å². The molecule has 3 heteroatoms. The molecule has 0 bridgehead atoms. The Labute approximate surface area is 57.1 Å². The molecule has 0 saturated carbocycles. The maximum Gasteiger partial charge on any atom is 0.0754 e. The molecule has 0 spiro atoms. The third kappa shape index (κ3) is 6.39. The second kappa shape index (κ2) is 4.55. The minimum absolute atomic E-state index is 0.112. The van der Waals surface area contributed by atoms with E-state index in [9.17, 15) is 0 Å². The van der Waals surface area contributed by atoms with Gasteiger partial charge in [-0.1, -0.05) is 34.7 Å². The van der Waals surface area contributed by atoms with Crippen LogP contribution in [-0.4, -0.2) is 10.6 Å². The van der Waals surface area contributed by atoms with Gasteiger partial charge in [0.1, 0.15) is 0 Å². The summed E-state index contributed by atoms with van der Waals surface area (Å²) in [5.74, 6) is 0. The molecule has 0 aromatic carbocycles. The highest BCUT2D eigenvalue weighted by molar-refractivity contribution is 14.1. The lowest BCUT2D eigenvalue weighted by Gasteiger charge is -1.88. The Balaban J connectivity index is 3.08. The van der Waals surface area contributed by atoms with E-state index in [4.69, 9.17) is 11.5 Å². The van der Waals surface area contributed by atoms with Gasteiger partial charge in [-0.15, -0.1) is 0 Å². The van der Waals surface area contributed by atoms with Gasteiger partial charge in [-0.25, -0.2) is 0 Å². The van der Waals surface area contributed by atoms with Gasteiger partial charge in [0, 0.05) is 6.54 Å². The minimum atomic E-state index is 0.112. The van der Waals surface area contributed by atoms with Crippen molar-refractivity contribution in [2.24, 2.45) is 11.5 Å². The molecule has 1 atom stereocenters. The normalized spacial score (nSPS) is 15.3. The number of nitrogens with two attached hydrogens (primary N) is 2. The van der Waals surface area contributed by atoms with Crippen molar-refractivity contribution >= 4 is 22.6 Å². The van der Waals surface area contributed by atoms with Crippen molar-refractivity contribution in [1.82, 2.24) is 0 Å². The standard InChI is InChI=1S/C4H9IN2/c5-4(7)2-1-3-6/h1-2,4H,3,6-7H2/b2-1-. The average molecular weight is 212 g/mol. The number of hydrogen-bond donors (Lipinski definition) is 2. The first-order chi connectivity index (χ1) is 3.27. The number of halogens is 1. The van der Waals surface area contributed by atoms with Crippen molar-refractivity contribution in [3.63, 3.8) is 0 Å². The monoisotopic (exact) mass is 212 g/mol. The molecule has 4 N–H and O–H groups in total. The van der Waals surface area contributed by atoms with Crippen LogP contribution in [0.5, 0.6) is 0 Å². The summed E-state index contributed by atoms with van der Waals surface area (Å²) in [7, 11) is 0. The molecule has 0 aliphatic heterocycles. The zero-order valence-electron chi connectivity index (χ0n) is 3.97. The van der Waals surface area contributed by atoms with E-state index in [0.717, 1.165) is 0 Å². The molecule has 7 heavy (non-hydrogen) atoms. The number of hydrogen-bond acceptors (Lipinski definition) is 2. The summed E-state index contributed by atoms with van der Waals surface area (Å²) in [5, 5.41) is 0. The second-order valence-corrected chi connectivity index (χ2v) is 2.55. The summed E-state index contributed by atoms with van der Waals surface area (Å²) in [6.07, 6.45) is 3.71. The molecular formula is C4H9IN2. The Morgan fingerprint density at radius 1 is 1.71 bits per heavy atom. The van der Waals surface area contributed by atoms with Crippen LogP contribution in [0.2, 0.25) is 0 Å². The van der Waals surface area contributed by atoms with Crippen LogP contribution in [0, 0.1) is 0 Å². The van der Waals surface area contributed by atoms with Crippen molar-refractivity contribution in [3.8, 4) is 0 Å².